The van der Waals surface area contributed by atoms with Gasteiger partial charge < -0.3 is 5.11 Å². The smallest absolute Gasteiger partial charge is 0.389 e. The lowest BCUT2D eigenvalue weighted by atomic mass is 10.1. The summed E-state index contributed by atoms with van der Waals surface area (Å²) in [6.45, 7) is 1.62. The van der Waals surface area contributed by atoms with Gasteiger partial charge in [-0.2, -0.15) is 18.3 Å². The summed E-state index contributed by atoms with van der Waals surface area (Å²) in [7, 11) is 0. The van der Waals surface area contributed by atoms with Crippen molar-refractivity contribution < 1.29 is 18.3 Å². The maximum absolute atomic E-state index is 12.4. The van der Waals surface area contributed by atoms with Gasteiger partial charge in [0.1, 0.15) is 0 Å². The zero-order valence-corrected chi connectivity index (χ0v) is 9.52. The molecule has 1 atom stereocenters. The largest absolute Gasteiger partial charge is 0.435 e. The Kier molecular flexibility index (Phi) is 3.13. The fourth-order valence-corrected chi connectivity index (χ4v) is 1.52. The van der Waals surface area contributed by atoms with E-state index in [1.165, 1.54) is 6.20 Å². The van der Waals surface area contributed by atoms with Crippen molar-refractivity contribution in [3.63, 3.8) is 0 Å². The van der Waals surface area contributed by atoms with Gasteiger partial charge in [0.05, 0.1) is 11.8 Å². The SMILES string of the molecule is CC(O)c1ccc(-n2ccc(C(F)(F)F)n2)cc1. The number of aliphatic hydroxyl groups excluding tert-OH is 1. The van der Waals surface area contributed by atoms with Crippen molar-refractivity contribution in [1.29, 1.82) is 0 Å². The number of hydrogen-bond acceptors (Lipinski definition) is 2. The first-order valence-corrected chi connectivity index (χ1v) is 5.29. The highest BCUT2D eigenvalue weighted by Gasteiger charge is 2.33. The van der Waals surface area contributed by atoms with Crippen LogP contribution in [0.25, 0.3) is 5.69 Å². The molecular formula is C12H11F3N2O. The van der Waals surface area contributed by atoms with Gasteiger partial charge >= 0.3 is 6.18 Å². The summed E-state index contributed by atoms with van der Waals surface area (Å²) in [6, 6.07) is 7.43. The fraction of sp³-hybridized carbons (Fsp3) is 0.250. The van der Waals surface area contributed by atoms with Crippen molar-refractivity contribution in [3.05, 3.63) is 47.8 Å². The molecule has 1 aromatic carbocycles. The lowest BCUT2D eigenvalue weighted by Crippen LogP contribution is -2.07. The van der Waals surface area contributed by atoms with Gasteiger partial charge in [-0.3, -0.25) is 0 Å². The van der Waals surface area contributed by atoms with Crippen molar-refractivity contribution in [2.24, 2.45) is 0 Å². The minimum Gasteiger partial charge on any atom is -0.389 e. The third-order valence-electron chi connectivity index (χ3n) is 2.52. The Morgan fingerprint density at radius 1 is 1.17 bits per heavy atom. The number of aliphatic hydroxyl groups is 1. The first-order valence-electron chi connectivity index (χ1n) is 5.29. The lowest BCUT2D eigenvalue weighted by Gasteiger charge is -2.06. The van der Waals surface area contributed by atoms with Crippen LogP contribution in [0.5, 0.6) is 0 Å². The highest BCUT2D eigenvalue weighted by atomic mass is 19.4. The highest BCUT2D eigenvalue weighted by molar-refractivity contribution is 5.34. The molecule has 0 bridgehead atoms. The number of nitrogens with zero attached hydrogens (tertiary/aromatic N) is 2. The van der Waals surface area contributed by atoms with E-state index in [9.17, 15) is 18.3 Å². The van der Waals surface area contributed by atoms with Crippen molar-refractivity contribution in [3.8, 4) is 5.69 Å². The van der Waals surface area contributed by atoms with Crippen LogP contribution in [0.3, 0.4) is 0 Å². The van der Waals surface area contributed by atoms with Gasteiger partial charge in [0.15, 0.2) is 5.69 Å². The van der Waals surface area contributed by atoms with Crippen molar-refractivity contribution in [2.45, 2.75) is 19.2 Å². The molecule has 0 spiro atoms. The maximum atomic E-state index is 12.4. The second-order valence-electron chi connectivity index (χ2n) is 3.91. The highest BCUT2D eigenvalue weighted by Crippen LogP contribution is 2.28. The normalized spacial score (nSPS) is 13.6. The van der Waals surface area contributed by atoms with E-state index in [0.29, 0.717) is 11.3 Å². The molecule has 0 aliphatic heterocycles. The molecule has 2 rings (SSSR count). The Labute approximate surface area is 101 Å². The lowest BCUT2D eigenvalue weighted by molar-refractivity contribution is -0.141. The van der Waals surface area contributed by atoms with Crippen molar-refractivity contribution in [1.82, 2.24) is 9.78 Å². The summed E-state index contributed by atoms with van der Waals surface area (Å²) in [5.74, 6) is 0. The Bertz CT molecular complexity index is 529. The van der Waals surface area contributed by atoms with E-state index in [-0.39, 0.29) is 0 Å². The molecule has 18 heavy (non-hydrogen) atoms. The van der Waals surface area contributed by atoms with Crippen LogP contribution in [0.4, 0.5) is 13.2 Å². The van der Waals surface area contributed by atoms with Gasteiger partial charge in [0.25, 0.3) is 0 Å². The fourth-order valence-electron chi connectivity index (χ4n) is 1.52. The van der Waals surface area contributed by atoms with Gasteiger partial charge in [-0.15, -0.1) is 0 Å². The van der Waals surface area contributed by atoms with Crippen LogP contribution in [0.1, 0.15) is 24.3 Å². The molecule has 0 fully saturated rings. The minimum atomic E-state index is -4.44. The Balaban J connectivity index is 2.29. The molecule has 1 aromatic heterocycles. The summed E-state index contributed by atoms with van der Waals surface area (Å²) in [4.78, 5) is 0. The van der Waals surface area contributed by atoms with Gasteiger partial charge in [0, 0.05) is 6.20 Å². The van der Waals surface area contributed by atoms with Crippen LogP contribution in [0.15, 0.2) is 36.5 Å². The Morgan fingerprint density at radius 3 is 2.22 bits per heavy atom. The topological polar surface area (TPSA) is 38.0 Å². The average Bonchev–Trinajstić information content (AvgIpc) is 2.78. The van der Waals surface area contributed by atoms with E-state index in [2.05, 4.69) is 5.10 Å². The molecule has 3 nitrogen and oxygen atoms in total. The van der Waals surface area contributed by atoms with Crippen LogP contribution in [0.2, 0.25) is 0 Å². The molecule has 1 heterocycles. The first kappa shape index (κ1) is 12.6. The average molecular weight is 256 g/mol. The molecular weight excluding hydrogens is 245 g/mol. The van der Waals surface area contributed by atoms with Crippen molar-refractivity contribution in [2.75, 3.05) is 0 Å². The molecule has 0 amide bonds. The number of alkyl halides is 3. The molecule has 2 aromatic rings. The van der Waals surface area contributed by atoms with E-state index < -0.39 is 18.0 Å². The second-order valence-corrected chi connectivity index (χ2v) is 3.91. The molecule has 0 radical (unpaired) electrons. The molecule has 0 aliphatic carbocycles. The van der Waals surface area contributed by atoms with Crippen LogP contribution in [-0.2, 0) is 6.18 Å². The summed E-state index contributed by atoms with van der Waals surface area (Å²) >= 11 is 0. The van der Waals surface area contributed by atoms with E-state index in [1.54, 1.807) is 31.2 Å². The summed E-state index contributed by atoms with van der Waals surface area (Å²) in [5.41, 5.74) is 0.277. The number of benzene rings is 1. The van der Waals surface area contributed by atoms with Crippen LogP contribution in [0, 0.1) is 0 Å². The number of rotatable bonds is 2. The zero-order chi connectivity index (χ0) is 13.3. The van der Waals surface area contributed by atoms with Crippen LogP contribution in [-0.4, -0.2) is 14.9 Å². The van der Waals surface area contributed by atoms with Gasteiger partial charge in [-0.25, -0.2) is 4.68 Å². The predicted octanol–water partition coefficient (Wildman–Crippen LogP) is 2.94. The zero-order valence-electron chi connectivity index (χ0n) is 9.52. The number of aromatic nitrogens is 2. The number of halogens is 3. The minimum absolute atomic E-state index is 0.509. The molecule has 6 heteroatoms. The maximum Gasteiger partial charge on any atom is 0.435 e. The van der Waals surface area contributed by atoms with Crippen LogP contribution < -0.4 is 0 Å². The Morgan fingerprint density at radius 2 is 1.78 bits per heavy atom. The monoisotopic (exact) mass is 256 g/mol. The molecule has 0 saturated carbocycles. The third-order valence-corrected chi connectivity index (χ3v) is 2.52. The van der Waals surface area contributed by atoms with E-state index in [4.69, 9.17) is 0 Å². The summed E-state index contributed by atoms with van der Waals surface area (Å²) in [6.07, 6.45) is -3.80. The third kappa shape index (κ3) is 2.53. The summed E-state index contributed by atoms with van der Waals surface area (Å²) < 4.78 is 38.3. The molecule has 1 N–H and O–H groups in total. The Hall–Kier alpha value is -1.82. The first-order chi connectivity index (χ1) is 8.38. The van der Waals surface area contributed by atoms with E-state index in [0.717, 1.165) is 10.7 Å². The van der Waals surface area contributed by atoms with E-state index >= 15 is 0 Å². The van der Waals surface area contributed by atoms with Crippen molar-refractivity contribution >= 4 is 0 Å². The van der Waals surface area contributed by atoms with Gasteiger partial charge in [0.2, 0.25) is 0 Å². The standard InChI is InChI=1S/C12H11F3N2O/c1-8(18)9-2-4-10(5-3-9)17-7-6-11(16-17)12(13,14)15/h2-8,18H,1H3. The second kappa shape index (κ2) is 4.45. The van der Waals surface area contributed by atoms with E-state index in [1.807, 2.05) is 0 Å². The molecule has 0 saturated heterocycles. The predicted molar refractivity (Wildman–Crippen MR) is 59.2 cm³/mol. The molecule has 1 unspecified atom stereocenters. The van der Waals surface area contributed by atoms with Gasteiger partial charge in [-0.05, 0) is 30.7 Å². The quantitative estimate of drug-likeness (QED) is 0.897. The molecule has 0 aliphatic rings. The summed E-state index contributed by atoms with van der Waals surface area (Å²) in [5, 5.41) is 12.8. The van der Waals surface area contributed by atoms with Gasteiger partial charge in [-0.1, -0.05) is 12.1 Å². The molecule has 96 valence electrons. The van der Waals surface area contributed by atoms with Crippen LogP contribution >= 0.6 is 0 Å². The number of hydrogen-bond donors (Lipinski definition) is 1.